The normalized spacial score (nSPS) is 11.2. The summed E-state index contributed by atoms with van der Waals surface area (Å²) >= 11 is 4.21. The van der Waals surface area contributed by atoms with Gasteiger partial charge in [0.15, 0.2) is 12.3 Å². The number of ketones is 2. The number of hydrogen-bond donors (Lipinski definition) is 2. The third-order valence-corrected chi connectivity index (χ3v) is 2.22. The second-order valence-electron chi connectivity index (χ2n) is 2.42. The summed E-state index contributed by atoms with van der Waals surface area (Å²) in [6, 6.07) is 0. The minimum Gasteiger partial charge on any atom is -0.345 e. The molecule has 70 valence electrons. The molecule has 4 nitrogen and oxygen atoms in total. The Hall–Kier alpha value is -0.0900. The summed E-state index contributed by atoms with van der Waals surface area (Å²) in [5.41, 5.74) is 0. The molecule has 0 fully saturated rings. The smallest absolute Gasteiger partial charge is 0.207 e. The third kappa shape index (κ3) is 5.55. The molecular weight excluding hydrogens is 199 g/mol. The van der Waals surface area contributed by atoms with Crippen LogP contribution in [0, 0.1) is 0 Å². The van der Waals surface area contributed by atoms with Crippen molar-refractivity contribution in [2.24, 2.45) is 0 Å². The summed E-state index contributed by atoms with van der Waals surface area (Å²) in [6.07, 6.45) is 0.125. The minimum atomic E-state index is -3.54. The Morgan fingerprint density at radius 2 is 1.83 bits per heavy atom. The van der Waals surface area contributed by atoms with E-state index < -0.39 is 24.2 Å². The Bertz CT molecular complexity index is 232. The predicted molar refractivity (Wildman–Crippen MR) is 48.5 cm³/mol. The first-order chi connectivity index (χ1) is 5.37. The van der Waals surface area contributed by atoms with Crippen LogP contribution in [0.5, 0.6) is 0 Å². The Labute approximate surface area is 75.8 Å². The molecule has 0 aliphatic carbocycles. The quantitative estimate of drug-likeness (QED) is 0.501. The number of Topliss-reactive ketones (excluding diaryl/α,β-unsaturated/α-hetero) is 2. The molecule has 0 amide bonds. The Kier molecular flexibility index (Phi) is 4.78. The number of hydrogen-bond acceptors (Lipinski definition) is 3. The second kappa shape index (κ2) is 4.82. The maximum atomic E-state index is 10.8. The zero-order valence-corrected chi connectivity index (χ0v) is 8.40. The average molecular weight is 210 g/mol. The highest BCUT2D eigenvalue weighted by Gasteiger charge is 2.19. The van der Waals surface area contributed by atoms with E-state index in [9.17, 15) is 9.59 Å². The van der Waals surface area contributed by atoms with Crippen LogP contribution in [-0.2, 0) is 21.4 Å². The number of rotatable bonds is 5. The lowest BCUT2D eigenvalue weighted by atomic mass is 10.2. The highest BCUT2D eigenvalue weighted by Crippen LogP contribution is 2.34. The minimum absolute atomic E-state index is 0.147. The molecule has 0 spiro atoms. The second-order valence-corrected chi connectivity index (χ2v) is 5.82. The summed E-state index contributed by atoms with van der Waals surface area (Å²) < 4.78 is 0. The largest absolute Gasteiger partial charge is 0.345 e. The van der Waals surface area contributed by atoms with E-state index in [4.69, 9.17) is 9.79 Å². The number of carbonyl (C=O) groups is 2. The average Bonchev–Trinajstić information content (AvgIpc) is 1.84. The fourth-order valence-corrected chi connectivity index (χ4v) is 1.54. The summed E-state index contributed by atoms with van der Waals surface area (Å²) in [7, 11) is 0. The van der Waals surface area contributed by atoms with E-state index >= 15 is 0 Å². The summed E-state index contributed by atoms with van der Waals surface area (Å²) in [5.74, 6) is -1.35. The van der Waals surface area contributed by atoms with Crippen LogP contribution in [0.15, 0.2) is 0 Å². The molecular formula is C6H11O4PS. The van der Waals surface area contributed by atoms with Crippen LogP contribution in [0.3, 0.4) is 0 Å². The zero-order valence-electron chi connectivity index (χ0n) is 6.69. The van der Waals surface area contributed by atoms with Gasteiger partial charge in [-0.05, 0) is 18.2 Å². The molecule has 12 heavy (non-hydrogen) atoms. The van der Waals surface area contributed by atoms with Crippen LogP contribution in [0.1, 0.15) is 19.8 Å². The van der Waals surface area contributed by atoms with E-state index in [1.54, 1.807) is 6.92 Å². The molecule has 0 aliphatic rings. The van der Waals surface area contributed by atoms with Crippen molar-refractivity contribution in [1.82, 2.24) is 0 Å². The van der Waals surface area contributed by atoms with Crippen molar-refractivity contribution in [3.63, 3.8) is 0 Å². The van der Waals surface area contributed by atoms with Crippen LogP contribution in [0.25, 0.3) is 0 Å². The predicted octanol–water partition coefficient (Wildman–Crippen LogP) is 0.219. The van der Waals surface area contributed by atoms with Gasteiger partial charge in [-0.3, -0.25) is 9.59 Å². The Morgan fingerprint density at radius 3 is 2.17 bits per heavy atom. The van der Waals surface area contributed by atoms with Gasteiger partial charge in [-0.1, -0.05) is 6.92 Å². The molecule has 0 bridgehead atoms. The van der Waals surface area contributed by atoms with E-state index in [1.807, 2.05) is 0 Å². The van der Waals surface area contributed by atoms with Gasteiger partial charge in [-0.25, -0.2) is 0 Å². The Morgan fingerprint density at radius 1 is 1.33 bits per heavy atom. The number of carbonyl (C=O) groups excluding carboxylic acids is 2. The van der Waals surface area contributed by atoms with Gasteiger partial charge in [0.25, 0.3) is 0 Å². The van der Waals surface area contributed by atoms with Gasteiger partial charge >= 0.3 is 0 Å². The summed E-state index contributed by atoms with van der Waals surface area (Å²) in [4.78, 5) is 39.1. The molecule has 0 aromatic rings. The van der Waals surface area contributed by atoms with Crippen molar-refractivity contribution >= 4 is 29.9 Å². The van der Waals surface area contributed by atoms with E-state index in [0.717, 1.165) is 0 Å². The van der Waals surface area contributed by atoms with Crippen molar-refractivity contribution in [3.05, 3.63) is 0 Å². The molecule has 0 unspecified atom stereocenters. The van der Waals surface area contributed by atoms with Gasteiger partial charge in [0.1, 0.15) is 0 Å². The highest BCUT2D eigenvalue weighted by atomic mass is 32.5. The standard InChI is InChI=1S/C6H11O4PS/c1-2-3-5(7)6(8)4-11(9,10)12/h2-4H2,1H3,(H2,9,10,12). The molecule has 0 atom stereocenters. The molecule has 0 saturated carbocycles. The van der Waals surface area contributed by atoms with Crippen LogP contribution < -0.4 is 0 Å². The molecule has 0 saturated heterocycles. The van der Waals surface area contributed by atoms with Crippen LogP contribution in [0.2, 0.25) is 0 Å². The lowest BCUT2D eigenvalue weighted by Crippen LogP contribution is -2.17. The van der Waals surface area contributed by atoms with E-state index in [2.05, 4.69) is 11.8 Å². The molecule has 0 aliphatic heterocycles. The molecule has 6 heteroatoms. The van der Waals surface area contributed by atoms with Crippen molar-refractivity contribution in [2.45, 2.75) is 19.8 Å². The summed E-state index contributed by atoms with van der Waals surface area (Å²) in [5, 5.41) is 0. The first kappa shape index (κ1) is 11.9. The van der Waals surface area contributed by atoms with Gasteiger partial charge in [-0.15, -0.1) is 0 Å². The molecule has 2 N–H and O–H groups in total. The van der Waals surface area contributed by atoms with Gasteiger partial charge in [0.05, 0.1) is 6.16 Å². The first-order valence-electron chi connectivity index (χ1n) is 3.47. The van der Waals surface area contributed by atoms with E-state index in [0.29, 0.717) is 6.42 Å². The van der Waals surface area contributed by atoms with Crippen molar-refractivity contribution in [3.8, 4) is 0 Å². The van der Waals surface area contributed by atoms with Crippen molar-refractivity contribution in [2.75, 3.05) is 6.16 Å². The highest BCUT2D eigenvalue weighted by molar-refractivity contribution is 8.09. The van der Waals surface area contributed by atoms with Crippen molar-refractivity contribution < 1.29 is 19.4 Å². The maximum absolute atomic E-state index is 10.8. The molecule has 0 heterocycles. The maximum Gasteiger partial charge on any atom is 0.207 e. The van der Waals surface area contributed by atoms with Crippen LogP contribution >= 0.6 is 6.49 Å². The van der Waals surface area contributed by atoms with Gasteiger partial charge < -0.3 is 9.79 Å². The molecule has 0 aromatic carbocycles. The van der Waals surface area contributed by atoms with Gasteiger partial charge in [-0.2, -0.15) is 0 Å². The molecule has 0 radical (unpaired) electrons. The molecule has 0 aromatic heterocycles. The SMILES string of the molecule is CCCC(=O)C(=O)CP(O)(O)=S. The third-order valence-electron chi connectivity index (χ3n) is 1.14. The molecule has 0 rings (SSSR count). The van der Waals surface area contributed by atoms with Crippen LogP contribution in [0.4, 0.5) is 0 Å². The Balaban J connectivity index is 4.06. The van der Waals surface area contributed by atoms with E-state index in [1.165, 1.54) is 0 Å². The lowest BCUT2D eigenvalue weighted by Gasteiger charge is -2.04. The zero-order chi connectivity index (χ0) is 9.78. The fourth-order valence-electron chi connectivity index (χ4n) is 0.642. The first-order valence-corrected chi connectivity index (χ1v) is 6.36. The van der Waals surface area contributed by atoms with Crippen LogP contribution in [-0.4, -0.2) is 27.5 Å². The lowest BCUT2D eigenvalue weighted by molar-refractivity contribution is -0.135. The fraction of sp³-hybridized carbons (Fsp3) is 0.667. The summed E-state index contributed by atoms with van der Waals surface area (Å²) in [6.45, 7) is -1.77. The van der Waals surface area contributed by atoms with E-state index in [-0.39, 0.29) is 6.42 Å². The van der Waals surface area contributed by atoms with Gasteiger partial charge in [0, 0.05) is 6.42 Å². The topological polar surface area (TPSA) is 74.6 Å². The van der Waals surface area contributed by atoms with Gasteiger partial charge in [0.2, 0.25) is 5.78 Å². The monoisotopic (exact) mass is 210 g/mol. The van der Waals surface area contributed by atoms with Crippen molar-refractivity contribution in [1.29, 1.82) is 0 Å².